The third-order valence-corrected chi connectivity index (χ3v) is 5.99. The molecule has 1 aromatic heterocycles. The summed E-state index contributed by atoms with van der Waals surface area (Å²) in [7, 11) is 3.25. The van der Waals surface area contributed by atoms with E-state index in [9.17, 15) is 4.79 Å². The molecule has 0 fully saturated rings. The average Bonchev–Trinajstić information content (AvgIpc) is 3.19. The predicted octanol–water partition coefficient (Wildman–Crippen LogP) is 4.72. The highest BCUT2D eigenvalue weighted by Gasteiger charge is 2.22. The maximum absolute atomic E-state index is 13.3. The molecular formula is C22H28ClN3O3S. The van der Waals surface area contributed by atoms with Gasteiger partial charge < -0.3 is 14.4 Å². The number of amides is 1. The van der Waals surface area contributed by atoms with Gasteiger partial charge in [0.05, 0.1) is 24.4 Å². The van der Waals surface area contributed by atoms with Gasteiger partial charge in [0.1, 0.15) is 11.5 Å². The van der Waals surface area contributed by atoms with E-state index in [1.54, 1.807) is 43.4 Å². The highest BCUT2D eigenvalue weighted by atomic mass is 35.5. The lowest BCUT2D eigenvalue weighted by Crippen LogP contribution is -2.38. The summed E-state index contributed by atoms with van der Waals surface area (Å²) >= 11 is 1.52. The van der Waals surface area contributed by atoms with Crippen molar-refractivity contribution >= 4 is 45.0 Å². The topological polar surface area (TPSA) is 54.9 Å². The number of rotatable bonds is 9. The summed E-state index contributed by atoms with van der Waals surface area (Å²) in [5.74, 6) is 1.42. The van der Waals surface area contributed by atoms with Crippen molar-refractivity contribution in [2.24, 2.45) is 0 Å². The molecule has 1 heterocycles. The SMILES string of the molecule is CCN(CC)CCN(C(=O)c1ccc(OC)cc1)c1nc2cc(OC)ccc2s1.Cl. The highest BCUT2D eigenvalue weighted by Crippen LogP contribution is 2.32. The molecule has 0 N–H and O–H groups in total. The summed E-state index contributed by atoms with van der Waals surface area (Å²) in [5, 5.41) is 0.696. The van der Waals surface area contributed by atoms with E-state index in [1.165, 1.54) is 11.3 Å². The van der Waals surface area contributed by atoms with Gasteiger partial charge in [-0.15, -0.1) is 12.4 Å². The van der Waals surface area contributed by atoms with Gasteiger partial charge in [0.2, 0.25) is 0 Å². The van der Waals surface area contributed by atoms with Crippen molar-refractivity contribution in [3.05, 3.63) is 48.0 Å². The van der Waals surface area contributed by atoms with Gasteiger partial charge in [-0.1, -0.05) is 25.2 Å². The Kier molecular flexibility index (Phi) is 8.89. The number of benzene rings is 2. The zero-order chi connectivity index (χ0) is 20.8. The molecule has 3 rings (SSSR count). The van der Waals surface area contributed by atoms with Crippen molar-refractivity contribution in [3.8, 4) is 11.5 Å². The molecule has 162 valence electrons. The van der Waals surface area contributed by atoms with E-state index in [1.807, 2.05) is 18.2 Å². The van der Waals surface area contributed by atoms with Crippen LogP contribution in [0.2, 0.25) is 0 Å². The fourth-order valence-electron chi connectivity index (χ4n) is 3.09. The number of hydrogen-bond acceptors (Lipinski definition) is 6. The molecule has 0 aliphatic heterocycles. The van der Waals surface area contributed by atoms with Gasteiger partial charge in [-0.05, 0) is 49.5 Å². The second-order valence-electron chi connectivity index (χ2n) is 6.54. The van der Waals surface area contributed by atoms with E-state index in [4.69, 9.17) is 14.5 Å². The van der Waals surface area contributed by atoms with E-state index >= 15 is 0 Å². The summed E-state index contributed by atoms with van der Waals surface area (Å²) in [6.07, 6.45) is 0. The van der Waals surface area contributed by atoms with Crippen LogP contribution in [0.1, 0.15) is 24.2 Å². The van der Waals surface area contributed by atoms with Gasteiger partial charge in [-0.3, -0.25) is 9.69 Å². The zero-order valence-corrected chi connectivity index (χ0v) is 19.4. The lowest BCUT2D eigenvalue weighted by molar-refractivity contribution is 0.0983. The Hall–Kier alpha value is -2.35. The Morgan fingerprint density at radius 2 is 1.60 bits per heavy atom. The molecule has 0 atom stereocenters. The lowest BCUT2D eigenvalue weighted by Gasteiger charge is -2.24. The van der Waals surface area contributed by atoms with Crippen molar-refractivity contribution in [3.63, 3.8) is 0 Å². The van der Waals surface area contributed by atoms with Gasteiger partial charge in [0, 0.05) is 24.7 Å². The minimum atomic E-state index is -0.0640. The number of methoxy groups -OCH3 is 2. The number of halogens is 1. The maximum Gasteiger partial charge on any atom is 0.260 e. The number of anilines is 1. The second kappa shape index (κ2) is 11.2. The van der Waals surface area contributed by atoms with E-state index in [0.717, 1.165) is 41.3 Å². The molecule has 6 nitrogen and oxygen atoms in total. The molecule has 0 aliphatic carbocycles. The van der Waals surface area contributed by atoms with Crippen LogP contribution in [0.25, 0.3) is 10.2 Å². The summed E-state index contributed by atoms with van der Waals surface area (Å²) in [4.78, 5) is 22.1. The number of likely N-dealkylation sites (N-methyl/N-ethyl adjacent to an activating group) is 1. The lowest BCUT2D eigenvalue weighted by atomic mass is 10.2. The predicted molar refractivity (Wildman–Crippen MR) is 126 cm³/mol. The first-order chi connectivity index (χ1) is 14.1. The van der Waals surface area contributed by atoms with Crippen LogP contribution in [0.3, 0.4) is 0 Å². The third-order valence-electron chi connectivity index (χ3n) is 4.93. The maximum atomic E-state index is 13.3. The number of ether oxygens (including phenoxy) is 2. The molecule has 0 spiro atoms. The standard InChI is InChI=1S/C22H27N3O3S.ClH/c1-5-24(6-2)13-14-25(21(26)16-7-9-17(27-3)10-8-16)22-23-19-15-18(28-4)11-12-20(19)29-22;/h7-12,15H,5-6,13-14H2,1-4H3;1H. The molecule has 0 unspecified atom stereocenters. The first kappa shape index (κ1) is 23.9. The number of hydrogen-bond donors (Lipinski definition) is 0. The van der Waals surface area contributed by atoms with Crippen molar-refractivity contribution in [1.29, 1.82) is 0 Å². The number of thiazole rings is 1. The zero-order valence-electron chi connectivity index (χ0n) is 17.8. The molecule has 0 saturated heterocycles. The van der Waals surface area contributed by atoms with Crippen molar-refractivity contribution in [2.45, 2.75) is 13.8 Å². The van der Waals surface area contributed by atoms with Crippen LogP contribution < -0.4 is 14.4 Å². The number of carbonyl (C=O) groups is 1. The van der Waals surface area contributed by atoms with Gasteiger partial charge >= 0.3 is 0 Å². The summed E-state index contributed by atoms with van der Waals surface area (Å²) < 4.78 is 11.5. The molecule has 0 aliphatic rings. The Bertz CT molecular complexity index is 958. The van der Waals surface area contributed by atoms with Crippen LogP contribution in [-0.4, -0.2) is 56.2 Å². The third kappa shape index (κ3) is 5.41. The summed E-state index contributed by atoms with van der Waals surface area (Å²) in [5.41, 5.74) is 1.45. The van der Waals surface area contributed by atoms with Crippen molar-refractivity contribution < 1.29 is 14.3 Å². The molecule has 30 heavy (non-hydrogen) atoms. The summed E-state index contributed by atoms with van der Waals surface area (Å²) in [6, 6.07) is 13.0. The van der Waals surface area contributed by atoms with Crippen LogP contribution >= 0.6 is 23.7 Å². The molecule has 0 radical (unpaired) electrons. The van der Waals surface area contributed by atoms with E-state index in [2.05, 4.69) is 18.7 Å². The fraction of sp³-hybridized carbons (Fsp3) is 0.364. The van der Waals surface area contributed by atoms with E-state index in [0.29, 0.717) is 17.2 Å². The van der Waals surface area contributed by atoms with Crippen LogP contribution in [-0.2, 0) is 0 Å². The van der Waals surface area contributed by atoms with Crippen molar-refractivity contribution in [2.75, 3.05) is 45.3 Å². The number of carbonyl (C=O) groups excluding carboxylic acids is 1. The quantitative estimate of drug-likeness (QED) is 0.473. The molecule has 2 aromatic carbocycles. The normalized spacial score (nSPS) is 10.7. The molecule has 8 heteroatoms. The fourth-order valence-corrected chi connectivity index (χ4v) is 4.06. The molecule has 3 aromatic rings. The van der Waals surface area contributed by atoms with Crippen LogP contribution in [0.15, 0.2) is 42.5 Å². The number of fused-ring (bicyclic) bond motifs is 1. The average molecular weight is 450 g/mol. The van der Waals surface area contributed by atoms with Crippen LogP contribution in [0, 0.1) is 0 Å². The monoisotopic (exact) mass is 449 g/mol. The van der Waals surface area contributed by atoms with E-state index in [-0.39, 0.29) is 18.3 Å². The largest absolute Gasteiger partial charge is 0.497 e. The smallest absolute Gasteiger partial charge is 0.260 e. The van der Waals surface area contributed by atoms with Crippen LogP contribution in [0.5, 0.6) is 11.5 Å². The highest BCUT2D eigenvalue weighted by molar-refractivity contribution is 7.22. The summed E-state index contributed by atoms with van der Waals surface area (Å²) in [6.45, 7) is 7.50. The van der Waals surface area contributed by atoms with Gasteiger partial charge in [-0.2, -0.15) is 0 Å². The van der Waals surface area contributed by atoms with Gasteiger partial charge in [-0.25, -0.2) is 4.98 Å². The number of nitrogens with zero attached hydrogens (tertiary/aromatic N) is 3. The molecule has 0 saturated carbocycles. The first-order valence-electron chi connectivity index (χ1n) is 9.72. The minimum absolute atomic E-state index is 0. The van der Waals surface area contributed by atoms with Gasteiger partial charge in [0.15, 0.2) is 5.13 Å². The Labute approximate surface area is 187 Å². The second-order valence-corrected chi connectivity index (χ2v) is 7.55. The Balaban J connectivity index is 0.00000320. The minimum Gasteiger partial charge on any atom is -0.497 e. The van der Waals surface area contributed by atoms with Crippen LogP contribution in [0.4, 0.5) is 5.13 Å². The van der Waals surface area contributed by atoms with Crippen molar-refractivity contribution in [1.82, 2.24) is 9.88 Å². The van der Waals surface area contributed by atoms with Gasteiger partial charge in [0.25, 0.3) is 5.91 Å². The number of aromatic nitrogens is 1. The molecular weight excluding hydrogens is 422 g/mol. The molecule has 1 amide bonds. The Morgan fingerprint density at radius 1 is 0.967 bits per heavy atom. The first-order valence-corrected chi connectivity index (χ1v) is 10.5. The Morgan fingerprint density at radius 3 is 2.20 bits per heavy atom. The molecule has 0 bridgehead atoms. The van der Waals surface area contributed by atoms with E-state index < -0.39 is 0 Å².